The molecule has 1 aromatic heterocycles. The van der Waals surface area contributed by atoms with Gasteiger partial charge in [-0.1, -0.05) is 35.3 Å². The van der Waals surface area contributed by atoms with Gasteiger partial charge in [0.15, 0.2) is 0 Å². The van der Waals surface area contributed by atoms with E-state index in [1.807, 2.05) is 11.8 Å². The van der Waals surface area contributed by atoms with Gasteiger partial charge in [0.05, 0.1) is 28.3 Å². The number of benzene rings is 1. The predicted octanol–water partition coefficient (Wildman–Crippen LogP) is 2.46. The molecule has 2 saturated heterocycles. The molecule has 2 atom stereocenters. The van der Waals surface area contributed by atoms with E-state index in [1.165, 1.54) is 0 Å². The van der Waals surface area contributed by atoms with Gasteiger partial charge < -0.3 is 26.8 Å². The average Bonchev–Trinajstić information content (AvgIpc) is 2.99. The van der Waals surface area contributed by atoms with Crippen LogP contribution in [0.2, 0.25) is 10.0 Å². The molecule has 1 amide bonds. The molecule has 4 rings (SSSR count). The summed E-state index contributed by atoms with van der Waals surface area (Å²) >= 11 is 12.5. The average molecular weight is 451 g/mol. The number of primary amides is 1. The SMILES string of the molecule is C[C@@H]1OCC2(CCN(c3nc(N)c(-c4cccc(Cl)c4Cl)c(C(N)=O)n3)CC2)[C@@H]1N. The Morgan fingerprint density at radius 3 is 2.57 bits per heavy atom. The second-order valence-electron chi connectivity index (χ2n) is 7.99. The van der Waals surface area contributed by atoms with Crippen molar-refractivity contribution in [3.63, 3.8) is 0 Å². The summed E-state index contributed by atoms with van der Waals surface area (Å²) in [5.74, 6) is -0.240. The van der Waals surface area contributed by atoms with Crippen molar-refractivity contribution in [2.75, 3.05) is 30.3 Å². The molecule has 0 radical (unpaired) electrons. The molecule has 0 saturated carbocycles. The van der Waals surface area contributed by atoms with Crippen LogP contribution in [0.3, 0.4) is 0 Å². The second-order valence-corrected chi connectivity index (χ2v) is 8.77. The van der Waals surface area contributed by atoms with E-state index in [9.17, 15) is 4.79 Å². The Kier molecular flexibility index (Phi) is 5.52. The summed E-state index contributed by atoms with van der Waals surface area (Å²) in [5, 5.41) is 0.590. The van der Waals surface area contributed by atoms with Crippen molar-refractivity contribution in [3.05, 3.63) is 33.9 Å². The molecular weight excluding hydrogens is 427 g/mol. The van der Waals surface area contributed by atoms with Crippen molar-refractivity contribution >= 4 is 40.9 Å². The van der Waals surface area contributed by atoms with Gasteiger partial charge in [-0.3, -0.25) is 4.79 Å². The maximum absolute atomic E-state index is 12.2. The van der Waals surface area contributed by atoms with Crippen molar-refractivity contribution < 1.29 is 9.53 Å². The highest BCUT2D eigenvalue weighted by atomic mass is 35.5. The molecule has 1 spiro atoms. The van der Waals surface area contributed by atoms with Gasteiger partial charge in [0.1, 0.15) is 11.5 Å². The van der Waals surface area contributed by atoms with E-state index in [4.69, 9.17) is 45.1 Å². The third-order valence-electron chi connectivity index (χ3n) is 6.27. The number of carbonyl (C=O) groups is 1. The third-order valence-corrected chi connectivity index (χ3v) is 7.09. The van der Waals surface area contributed by atoms with Gasteiger partial charge >= 0.3 is 0 Å². The van der Waals surface area contributed by atoms with Crippen LogP contribution in [-0.2, 0) is 4.74 Å². The van der Waals surface area contributed by atoms with Crippen LogP contribution in [0.25, 0.3) is 11.1 Å². The number of ether oxygens (including phenoxy) is 1. The van der Waals surface area contributed by atoms with E-state index in [0.717, 1.165) is 12.8 Å². The summed E-state index contributed by atoms with van der Waals surface area (Å²) in [4.78, 5) is 23.1. The maximum atomic E-state index is 12.2. The summed E-state index contributed by atoms with van der Waals surface area (Å²) in [5.41, 5.74) is 19.0. The molecule has 160 valence electrons. The number of piperidine rings is 1. The Morgan fingerprint density at radius 1 is 1.27 bits per heavy atom. The summed E-state index contributed by atoms with van der Waals surface area (Å²) in [7, 11) is 0. The van der Waals surface area contributed by atoms with E-state index in [-0.39, 0.29) is 39.7 Å². The lowest BCUT2D eigenvalue weighted by Gasteiger charge is -2.41. The number of nitrogen functional groups attached to an aromatic ring is 1. The fourth-order valence-corrected chi connectivity index (χ4v) is 4.77. The first-order chi connectivity index (χ1) is 14.2. The molecule has 6 N–H and O–H groups in total. The van der Waals surface area contributed by atoms with Crippen molar-refractivity contribution in [2.24, 2.45) is 16.9 Å². The molecule has 8 nitrogen and oxygen atoms in total. The summed E-state index contributed by atoms with van der Waals surface area (Å²) in [6.07, 6.45) is 1.73. The highest BCUT2D eigenvalue weighted by Gasteiger charge is 2.47. The Balaban J connectivity index is 1.67. The van der Waals surface area contributed by atoms with E-state index in [0.29, 0.717) is 36.2 Å². The number of nitrogens with zero attached hydrogens (tertiary/aromatic N) is 3. The minimum atomic E-state index is -0.718. The molecule has 2 fully saturated rings. The van der Waals surface area contributed by atoms with Gasteiger partial charge in [0, 0.05) is 30.1 Å². The molecule has 10 heteroatoms. The molecular formula is C20H24Cl2N6O2. The van der Waals surface area contributed by atoms with Crippen LogP contribution in [0, 0.1) is 5.41 Å². The molecule has 2 aromatic rings. The topological polar surface area (TPSA) is 133 Å². The number of rotatable bonds is 3. The highest BCUT2D eigenvalue weighted by Crippen LogP contribution is 2.42. The first-order valence-corrected chi connectivity index (χ1v) is 10.5. The summed E-state index contributed by atoms with van der Waals surface area (Å²) < 4.78 is 5.78. The maximum Gasteiger partial charge on any atom is 0.268 e. The number of amides is 1. The number of halogens is 2. The molecule has 0 unspecified atom stereocenters. The number of hydrogen-bond acceptors (Lipinski definition) is 7. The van der Waals surface area contributed by atoms with E-state index >= 15 is 0 Å². The Bertz CT molecular complexity index is 994. The standard InChI is InChI=1S/C20H24Cl2N6O2/c1-10-16(23)20(9-30-10)5-7-28(8-6-20)19-26-15(18(25)29)13(17(24)27-19)11-3-2-4-12(21)14(11)22/h2-4,10,16H,5-9,23H2,1H3,(H2,25,29)(H2,24,26,27)/t10-,16+/m0/s1. The molecule has 1 aromatic carbocycles. The molecule has 0 bridgehead atoms. The summed E-state index contributed by atoms with van der Waals surface area (Å²) in [6.45, 7) is 4.02. The van der Waals surface area contributed by atoms with Crippen LogP contribution in [-0.4, -0.2) is 47.7 Å². The molecule has 3 heterocycles. The smallest absolute Gasteiger partial charge is 0.268 e. The largest absolute Gasteiger partial charge is 0.383 e. The lowest BCUT2D eigenvalue weighted by Crippen LogP contribution is -2.51. The zero-order valence-electron chi connectivity index (χ0n) is 16.6. The van der Waals surface area contributed by atoms with Crippen molar-refractivity contribution in [3.8, 4) is 11.1 Å². The van der Waals surface area contributed by atoms with Crippen molar-refractivity contribution in [1.29, 1.82) is 0 Å². The van der Waals surface area contributed by atoms with Gasteiger partial charge in [-0.15, -0.1) is 0 Å². The van der Waals surface area contributed by atoms with Crippen LogP contribution < -0.4 is 22.1 Å². The molecule has 0 aliphatic carbocycles. The first kappa shape index (κ1) is 21.1. The van der Waals surface area contributed by atoms with Gasteiger partial charge in [-0.05, 0) is 25.8 Å². The second kappa shape index (κ2) is 7.85. The number of anilines is 2. The van der Waals surface area contributed by atoms with Crippen LogP contribution >= 0.6 is 23.2 Å². The lowest BCUT2D eigenvalue weighted by molar-refractivity contribution is 0.0973. The number of aromatic nitrogens is 2. The molecule has 30 heavy (non-hydrogen) atoms. The first-order valence-electron chi connectivity index (χ1n) is 9.77. The third kappa shape index (κ3) is 3.47. The zero-order valence-corrected chi connectivity index (χ0v) is 18.1. The zero-order chi connectivity index (χ0) is 21.6. The predicted molar refractivity (Wildman–Crippen MR) is 118 cm³/mol. The van der Waals surface area contributed by atoms with Gasteiger partial charge in [-0.25, -0.2) is 4.98 Å². The van der Waals surface area contributed by atoms with Crippen LogP contribution in [0.1, 0.15) is 30.3 Å². The van der Waals surface area contributed by atoms with Crippen LogP contribution in [0.15, 0.2) is 18.2 Å². The Morgan fingerprint density at radius 2 is 1.97 bits per heavy atom. The fraction of sp³-hybridized carbons (Fsp3) is 0.450. The Labute approximate surface area is 184 Å². The minimum absolute atomic E-state index is 0.000773. The number of hydrogen-bond donors (Lipinski definition) is 3. The van der Waals surface area contributed by atoms with Gasteiger partial charge in [0.2, 0.25) is 5.95 Å². The minimum Gasteiger partial charge on any atom is -0.383 e. The monoisotopic (exact) mass is 450 g/mol. The van der Waals surface area contributed by atoms with E-state index < -0.39 is 5.91 Å². The normalized spacial score (nSPS) is 23.1. The Hall–Kier alpha value is -2.13. The van der Waals surface area contributed by atoms with Crippen molar-refractivity contribution in [2.45, 2.75) is 31.9 Å². The molecule has 2 aliphatic heterocycles. The van der Waals surface area contributed by atoms with E-state index in [2.05, 4.69) is 9.97 Å². The number of carbonyl (C=O) groups excluding carboxylic acids is 1. The highest BCUT2D eigenvalue weighted by molar-refractivity contribution is 6.44. The fourth-order valence-electron chi connectivity index (χ4n) is 4.37. The van der Waals surface area contributed by atoms with E-state index in [1.54, 1.807) is 18.2 Å². The van der Waals surface area contributed by atoms with Crippen LogP contribution in [0.4, 0.5) is 11.8 Å². The molecule has 2 aliphatic rings. The number of nitrogens with two attached hydrogens (primary N) is 3. The van der Waals surface area contributed by atoms with Gasteiger partial charge in [0.25, 0.3) is 5.91 Å². The van der Waals surface area contributed by atoms with Crippen LogP contribution in [0.5, 0.6) is 0 Å². The van der Waals surface area contributed by atoms with Gasteiger partial charge in [-0.2, -0.15) is 4.98 Å². The quantitative estimate of drug-likeness (QED) is 0.653. The summed E-state index contributed by atoms with van der Waals surface area (Å²) in [6, 6.07) is 5.05. The van der Waals surface area contributed by atoms with Crippen molar-refractivity contribution in [1.82, 2.24) is 9.97 Å². The lowest BCUT2D eigenvalue weighted by atomic mass is 9.73.